The van der Waals surface area contributed by atoms with Crippen LogP contribution in [0.5, 0.6) is 0 Å². The van der Waals surface area contributed by atoms with E-state index < -0.39 is 0 Å². The summed E-state index contributed by atoms with van der Waals surface area (Å²) in [4.78, 5) is 2.60. The molecule has 0 unspecified atom stereocenters. The molecule has 5 heteroatoms. The fraction of sp³-hybridized carbons (Fsp3) is 0.684. The van der Waals surface area contributed by atoms with Crippen LogP contribution in [0.3, 0.4) is 0 Å². The van der Waals surface area contributed by atoms with Gasteiger partial charge in [0.15, 0.2) is 0 Å². The van der Waals surface area contributed by atoms with Crippen molar-refractivity contribution in [3.8, 4) is 0 Å². The zero-order valence-corrected chi connectivity index (χ0v) is 14.9. The molecule has 0 amide bonds. The van der Waals surface area contributed by atoms with Gasteiger partial charge in [-0.05, 0) is 42.5 Å². The number of benzene rings is 1. The summed E-state index contributed by atoms with van der Waals surface area (Å²) in [5, 5.41) is 4.70. The van der Waals surface area contributed by atoms with Crippen molar-refractivity contribution in [1.82, 2.24) is 10.2 Å². The fourth-order valence-electron chi connectivity index (χ4n) is 4.42. The molecule has 2 fully saturated rings. The first kappa shape index (κ1) is 16.8. The van der Waals surface area contributed by atoms with Crippen LogP contribution in [0.2, 0.25) is 5.02 Å². The minimum Gasteiger partial charge on any atom is -0.381 e. The third kappa shape index (κ3) is 3.63. The monoisotopic (exact) mass is 350 g/mol. The molecule has 3 atom stereocenters. The maximum absolute atomic E-state index is 6.13. The summed E-state index contributed by atoms with van der Waals surface area (Å²) in [6.45, 7) is 6.64. The van der Waals surface area contributed by atoms with E-state index in [0.717, 1.165) is 57.5 Å². The number of ether oxygens (including phenoxy) is 2. The Labute approximate surface area is 149 Å². The van der Waals surface area contributed by atoms with Crippen molar-refractivity contribution in [1.29, 1.82) is 0 Å². The van der Waals surface area contributed by atoms with E-state index in [2.05, 4.69) is 22.3 Å². The lowest BCUT2D eigenvalue weighted by Crippen LogP contribution is -2.51. The molecule has 4 nitrogen and oxygen atoms in total. The minimum atomic E-state index is 0.461. The summed E-state index contributed by atoms with van der Waals surface area (Å²) in [6.07, 6.45) is 3.48. The maximum Gasteiger partial charge on any atom is 0.0594 e. The highest BCUT2D eigenvalue weighted by Gasteiger charge is 2.32. The topological polar surface area (TPSA) is 33.7 Å². The summed E-state index contributed by atoms with van der Waals surface area (Å²) < 4.78 is 11.2. The van der Waals surface area contributed by atoms with Crippen LogP contribution < -0.4 is 5.32 Å². The highest BCUT2D eigenvalue weighted by Crippen LogP contribution is 2.33. The SMILES string of the molecule is Clc1ccc2c(c1)CC[C@@H]2NC[C@H]([C@@H]1CCOC1)N1CCOCC1. The predicted molar refractivity (Wildman–Crippen MR) is 95.6 cm³/mol. The molecule has 2 aliphatic heterocycles. The van der Waals surface area contributed by atoms with Gasteiger partial charge >= 0.3 is 0 Å². The molecule has 0 radical (unpaired) electrons. The molecule has 1 aromatic carbocycles. The highest BCUT2D eigenvalue weighted by molar-refractivity contribution is 6.30. The summed E-state index contributed by atoms with van der Waals surface area (Å²) >= 11 is 6.13. The summed E-state index contributed by atoms with van der Waals surface area (Å²) in [5.74, 6) is 0.640. The largest absolute Gasteiger partial charge is 0.381 e. The molecule has 3 aliphatic rings. The van der Waals surface area contributed by atoms with Crippen LogP contribution in [0.15, 0.2) is 18.2 Å². The van der Waals surface area contributed by atoms with E-state index in [4.69, 9.17) is 21.1 Å². The number of morpholine rings is 1. The van der Waals surface area contributed by atoms with E-state index in [0.29, 0.717) is 18.0 Å². The smallest absolute Gasteiger partial charge is 0.0594 e. The Balaban J connectivity index is 1.42. The molecule has 1 aliphatic carbocycles. The van der Waals surface area contributed by atoms with Crippen molar-refractivity contribution in [3.63, 3.8) is 0 Å². The lowest BCUT2D eigenvalue weighted by atomic mass is 9.96. The number of halogens is 1. The van der Waals surface area contributed by atoms with Gasteiger partial charge in [0.05, 0.1) is 19.8 Å². The number of hydrogen-bond donors (Lipinski definition) is 1. The first-order valence-corrected chi connectivity index (χ1v) is 9.60. The van der Waals surface area contributed by atoms with Gasteiger partial charge in [-0.15, -0.1) is 0 Å². The van der Waals surface area contributed by atoms with Crippen LogP contribution in [0.25, 0.3) is 0 Å². The predicted octanol–water partition coefficient (Wildman–Crippen LogP) is 2.65. The molecular formula is C19H27ClN2O2. The van der Waals surface area contributed by atoms with Gasteiger partial charge in [0.25, 0.3) is 0 Å². The number of hydrogen-bond acceptors (Lipinski definition) is 4. The lowest BCUT2D eigenvalue weighted by Gasteiger charge is -2.38. The number of fused-ring (bicyclic) bond motifs is 1. The number of aryl methyl sites for hydroxylation is 1. The second-order valence-electron chi connectivity index (χ2n) is 7.18. The molecule has 24 heavy (non-hydrogen) atoms. The fourth-order valence-corrected chi connectivity index (χ4v) is 4.62. The van der Waals surface area contributed by atoms with Gasteiger partial charge in [0, 0.05) is 49.3 Å². The molecule has 2 heterocycles. The Morgan fingerprint density at radius 3 is 2.83 bits per heavy atom. The first-order valence-electron chi connectivity index (χ1n) is 9.22. The van der Waals surface area contributed by atoms with Gasteiger partial charge in [-0.2, -0.15) is 0 Å². The molecule has 0 bridgehead atoms. The Morgan fingerprint density at radius 1 is 1.17 bits per heavy atom. The molecule has 0 spiro atoms. The Hall–Kier alpha value is -0.650. The van der Waals surface area contributed by atoms with Crippen LogP contribution in [-0.4, -0.2) is 57.0 Å². The van der Waals surface area contributed by atoms with E-state index in [9.17, 15) is 0 Å². The lowest BCUT2D eigenvalue weighted by molar-refractivity contribution is 0.000801. The van der Waals surface area contributed by atoms with E-state index >= 15 is 0 Å². The Morgan fingerprint density at radius 2 is 2.04 bits per heavy atom. The van der Waals surface area contributed by atoms with Crippen LogP contribution in [0.4, 0.5) is 0 Å². The second-order valence-corrected chi connectivity index (χ2v) is 7.62. The van der Waals surface area contributed by atoms with Crippen molar-refractivity contribution in [2.45, 2.75) is 31.3 Å². The molecule has 132 valence electrons. The van der Waals surface area contributed by atoms with Gasteiger partial charge in [-0.3, -0.25) is 4.90 Å². The van der Waals surface area contributed by atoms with Crippen LogP contribution in [-0.2, 0) is 15.9 Å². The van der Waals surface area contributed by atoms with Gasteiger partial charge in [0.1, 0.15) is 0 Å². The molecule has 1 N–H and O–H groups in total. The van der Waals surface area contributed by atoms with E-state index in [1.807, 2.05) is 6.07 Å². The van der Waals surface area contributed by atoms with E-state index in [1.54, 1.807) is 0 Å². The zero-order chi connectivity index (χ0) is 16.4. The molecular weight excluding hydrogens is 324 g/mol. The summed E-state index contributed by atoms with van der Waals surface area (Å²) in [6, 6.07) is 7.36. The van der Waals surface area contributed by atoms with E-state index in [1.165, 1.54) is 24.0 Å². The molecule has 1 aromatic rings. The summed E-state index contributed by atoms with van der Waals surface area (Å²) in [5.41, 5.74) is 2.84. The van der Waals surface area contributed by atoms with Crippen LogP contribution in [0, 0.1) is 5.92 Å². The maximum atomic E-state index is 6.13. The third-order valence-electron chi connectivity index (χ3n) is 5.78. The van der Waals surface area contributed by atoms with Gasteiger partial charge in [-0.25, -0.2) is 0 Å². The molecule has 0 saturated carbocycles. The number of nitrogens with zero attached hydrogens (tertiary/aromatic N) is 1. The van der Waals surface area contributed by atoms with Crippen molar-refractivity contribution in [2.24, 2.45) is 5.92 Å². The van der Waals surface area contributed by atoms with Crippen LogP contribution in [0.1, 0.15) is 30.0 Å². The quantitative estimate of drug-likeness (QED) is 0.885. The normalized spacial score (nSPS) is 28.9. The van der Waals surface area contributed by atoms with Gasteiger partial charge in [-0.1, -0.05) is 17.7 Å². The van der Waals surface area contributed by atoms with E-state index in [-0.39, 0.29) is 0 Å². The molecule has 4 rings (SSSR count). The highest BCUT2D eigenvalue weighted by atomic mass is 35.5. The third-order valence-corrected chi connectivity index (χ3v) is 6.02. The average molecular weight is 351 g/mol. The second kappa shape index (κ2) is 7.71. The van der Waals surface area contributed by atoms with Gasteiger partial charge < -0.3 is 14.8 Å². The standard InChI is InChI=1S/C19H27ClN2O2/c20-16-2-3-17-14(11-16)1-4-18(17)21-12-19(15-5-8-24-13-15)22-6-9-23-10-7-22/h2-3,11,15,18-19,21H,1,4-10,12-13H2/t15-,18+,19-/m1/s1. The first-order chi connectivity index (χ1) is 11.8. The molecule has 2 saturated heterocycles. The van der Waals surface area contributed by atoms with Crippen molar-refractivity contribution < 1.29 is 9.47 Å². The number of nitrogens with one attached hydrogen (secondary N) is 1. The van der Waals surface area contributed by atoms with Gasteiger partial charge in [0.2, 0.25) is 0 Å². The Bertz CT molecular complexity index is 556. The zero-order valence-electron chi connectivity index (χ0n) is 14.2. The van der Waals surface area contributed by atoms with Crippen molar-refractivity contribution in [3.05, 3.63) is 34.3 Å². The summed E-state index contributed by atoms with van der Waals surface area (Å²) in [7, 11) is 0. The Kier molecular flexibility index (Phi) is 5.40. The minimum absolute atomic E-state index is 0.461. The van der Waals surface area contributed by atoms with Crippen molar-refractivity contribution in [2.75, 3.05) is 46.1 Å². The average Bonchev–Trinajstić information content (AvgIpc) is 3.26. The van der Waals surface area contributed by atoms with Crippen LogP contribution >= 0.6 is 11.6 Å². The molecule has 0 aromatic heterocycles. The van der Waals surface area contributed by atoms with Crippen molar-refractivity contribution >= 4 is 11.6 Å². The number of rotatable bonds is 5.